The molecule has 0 spiro atoms. The molecule has 66 heavy (non-hydrogen) atoms. The maximum Gasteiger partial charge on any atom is 0.0582 e. The molecule has 0 N–H and O–H groups in total. The summed E-state index contributed by atoms with van der Waals surface area (Å²) >= 11 is 0. The lowest BCUT2D eigenvalue weighted by molar-refractivity contribution is 0.584. The summed E-state index contributed by atoms with van der Waals surface area (Å²) in [6.07, 6.45) is 4.60. The lowest BCUT2D eigenvalue weighted by atomic mass is 9.62. The average molecular weight is 859 g/mol. The van der Waals surface area contributed by atoms with Gasteiger partial charge in [-0.05, 0) is 169 Å². The molecular weight excluding hydrogens is 797 g/mol. The van der Waals surface area contributed by atoms with Crippen LogP contribution >= 0.6 is 0 Å². The Kier molecular flexibility index (Phi) is 9.06. The van der Waals surface area contributed by atoms with Crippen LogP contribution in [0.15, 0.2) is 140 Å². The molecule has 12 rings (SSSR count). The second-order valence-corrected chi connectivity index (χ2v) is 22.2. The molecule has 4 unspecified atom stereocenters. The fraction of sp³-hybridized carbons (Fsp3) is 0.281. The first-order valence-electron chi connectivity index (χ1n) is 24.6. The number of aromatic nitrogens is 2. The van der Waals surface area contributed by atoms with E-state index in [1.165, 1.54) is 122 Å². The summed E-state index contributed by atoms with van der Waals surface area (Å²) in [6.45, 7) is 23.9. The normalized spacial score (nSPS) is 19.0. The number of rotatable bonds is 4. The molecule has 3 aliphatic rings. The zero-order chi connectivity index (χ0) is 45.6. The van der Waals surface area contributed by atoms with Crippen LogP contribution in [0.3, 0.4) is 0 Å². The van der Waals surface area contributed by atoms with Crippen LogP contribution in [0.4, 0.5) is 0 Å². The molecule has 2 heterocycles. The Labute approximate surface area is 391 Å². The summed E-state index contributed by atoms with van der Waals surface area (Å²) in [5.74, 6) is 1.26. The van der Waals surface area contributed by atoms with Gasteiger partial charge in [-0.25, -0.2) is 0 Å². The van der Waals surface area contributed by atoms with E-state index >= 15 is 0 Å². The first kappa shape index (κ1) is 41.1. The molecule has 7 aromatic carbocycles. The van der Waals surface area contributed by atoms with Crippen LogP contribution in [0, 0.1) is 0 Å². The number of benzene rings is 7. The molecular formula is C64H62N2. The lowest BCUT2D eigenvalue weighted by Gasteiger charge is -2.42. The topological polar surface area (TPSA) is 9.86 Å². The van der Waals surface area contributed by atoms with E-state index in [4.69, 9.17) is 0 Å². The third-order valence-corrected chi connectivity index (χ3v) is 16.4. The Hall–Kier alpha value is -6.38. The zero-order valence-electron chi connectivity index (χ0n) is 40.5. The predicted octanol–water partition coefficient (Wildman–Crippen LogP) is 17.6. The standard InChI is InChI=1S/C64H62N2/c1-37-38(2)50-36-54-52-34-44(42-23-29-46(30-24-42)64(8,9)10)26-32-56(52)66(48-19-15-12-16-20-48)62(54)58-40(4)39(3)57-59(60(50)58)49(37)35-53-51-33-43(41-21-27-45(28-22-41)63(5,6)7)25-31-55(51)65(61(53)57)47-17-13-11-14-18-47/h11-25,27-31,33-40H,26,32H2,1-10H3. The van der Waals surface area contributed by atoms with Crippen molar-refractivity contribution in [1.29, 1.82) is 0 Å². The summed E-state index contributed by atoms with van der Waals surface area (Å²) in [5, 5.41) is 4.12. The van der Waals surface area contributed by atoms with E-state index in [2.05, 4.69) is 224 Å². The summed E-state index contributed by atoms with van der Waals surface area (Å²) in [5.41, 5.74) is 26.8. The van der Waals surface area contributed by atoms with Crippen molar-refractivity contribution < 1.29 is 0 Å². The second kappa shape index (κ2) is 14.6. The monoisotopic (exact) mass is 858 g/mol. The van der Waals surface area contributed by atoms with Crippen molar-refractivity contribution in [2.75, 3.05) is 0 Å². The minimum Gasteiger partial charge on any atom is -0.313 e. The number of nitrogens with zero attached hydrogens (tertiary/aromatic N) is 2. The molecule has 2 heteroatoms. The highest BCUT2D eigenvalue weighted by Gasteiger charge is 2.43. The summed E-state index contributed by atoms with van der Waals surface area (Å²) < 4.78 is 5.29. The van der Waals surface area contributed by atoms with Gasteiger partial charge in [0.15, 0.2) is 0 Å². The maximum atomic E-state index is 2.68. The van der Waals surface area contributed by atoms with Crippen LogP contribution in [0.1, 0.15) is 150 Å². The number of fused-ring (bicyclic) bond motifs is 8. The van der Waals surface area contributed by atoms with Crippen molar-refractivity contribution in [3.05, 3.63) is 190 Å². The van der Waals surface area contributed by atoms with Crippen molar-refractivity contribution in [2.45, 2.75) is 117 Å². The highest BCUT2D eigenvalue weighted by molar-refractivity contribution is 6.15. The van der Waals surface area contributed by atoms with Gasteiger partial charge in [-0.2, -0.15) is 0 Å². The van der Waals surface area contributed by atoms with Crippen LogP contribution in [0.5, 0.6) is 0 Å². The van der Waals surface area contributed by atoms with Gasteiger partial charge in [-0.3, -0.25) is 0 Å². The van der Waals surface area contributed by atoms with E-state index < -0.39 is 0 Å². The first-order chi connectivity index (χ1) is 31.7. The molecule has 0 bridgehead atoms. The fourth-order valence-corrected chi connectivity index (χ4v) is 12.4. The first-order valence-corrected chi connectivity index (χ1v) is 24.6. The Morgan fingerprint density at radius 2 is 0.924 bits per heavy atom. The van der Waals surface area contributed by atoms with Gasteiger partial charge < -0.3 is 9.13 Å². The van der Waals surface area contributed by atoms with E-state index in [0.717, 1.165) is 12.8 Å². The number of allylic oxidation sites excluding steroid dienone is 1. The minimum atomic E-state index is 0.113. The summed E-state index contributed by atoms with van der Waals surface area (Å²) in [7, 11) is 0. The van der Waals surface area contributed by atoms with E-state index in [1.54, 1.807) is 0 Å². The van der Waals surface area contributed by atoms with Crippen molar-refractivity contribution in [3.63, 3.8) is 0 Å². The molecule has 0 saturated carbocycles. The lowest BCUT2D eigenvalue weighted by Crippen LogP contribution is -2.24. The molecule has 0 radical (unpaired) electrons. The molecule has 4 atom stereocenters. The minimum absolute atomic E-state index is 0.113. The van der Waals surface area contributed by atoms with E-state index in [1.807, 2.05) is 0 Å². The fourth-order valence-electron chi connectivity index (χ4n) is 12.4. The average Bonchev–Trinajstić information content (AvgIpc) is 3.83. The molecule has 2 aromatic heterocycles. The van der Waals surface area contributed by atoms with Gasteiger partial charge in [-0.15, -0.1) is 0 Å². The van der Waals surface area contributed by atoms with Gasteiger partial charge >= 0.3 is 0 Å². The molecule has 2 nitrogen and oxygen atoms in total. The zero-order valence-corrected chi connectivity index (χ0v) is 40.5. The predicted molar refractivity (Wildman–Crippen MR) is 282 cm³/mol. The van der Waals surface area contributed by atoms with E-state index in [-0.39, 0.29) is 22.7 Å². The van der Waals surface area contributed by atoms with Crippen LogP contribution in [0.25, 0.3) is 78.0 Å². The Morgan fingerprint density at radius 1 is 0.439 bits per heavy atom. The van der Waals surface area contributed by atoms with Crippen LogP contribution < -0.4 is 0 Å². The van der Waals surface area contributed by atoms with Crippen LogP contribution in [0.2, 0.25) is 0 Å². The highest BCUT2D eigenvalue weighted by Crippen LogP contribution is 2.61. The van der Waals surface area contributed by atoms with Gasteiger partial charge in [0.2, 0.25) is 0 Å². The van der Waals surface area contributed by atoms with Crippen LogP contribution in [-0.2, 0) is 17.3 Å². The molecule has 0 saturated heterocycles. The van der Waals surface area contributed by atoms with Crippen molar-refractivity contribution in [3.8, 4) is 33.6 Å². The van der Waals surface area contributed by atoms with Crippen molar-refractivity contribution in [2.24, 2.45) is 0 Å². The SMILES string of the molecule is CC1c2cc3c4c(n(-c5ccccc5)c3c3c2-c2c(cc5c6cc(-c7ccc(C(C)(C)C)cc7)ccc6n(-c6ccccc6)c5c2C(C)C3C)C1C)CCC(c1ccc(C(C)(C)C)cc1)=C4. The van der Waals surface area contributed by atoms with Gasteiger partial charge in [0, 0.05) is 38.8 Å². The molecule has 0 amide bonds. The molecule has 0 fully saturated rings. The quantitative estimate of drug-likeness (QED) is 0.167. The third kappa shape index (κ3) is 5.99. The van der Waals surface area contributed by atoms with E-state index in [9.17, 15) is 0 Å². The number of hydrogen-bond acceptors (Lipinski definition) is 0. The van der Waals surface area contributed by atoms with E-state index in [0.29, 0.717) is 11.8 Å². The molecule has 0 aliphatic heterocycles. The van der Waals surface area contributed by atoms with Crippen molar-refractivity contribution in [1.82, 2.24) is 9.13 Å². The maximum absolute atomic E-state index is 2.68. The highest BCUT2D eigenvalue weighted by atomic mass is 15.0. The molecule has 3 aliphatic carbocycles. The van der Waals surface area contributed by atoms with Gasteiger partial charge in [0.05, 0.1) is 16.6 Å². The largest absolute Gasteiger partial charge is 0.313 e. The smallest absolute Gasteiger partial charge is 0.0582 e. The Morgan fingerprint density at radius 3 is 1.47 bits per heavy atom. The summed E-state index contributed by atoms with van der Waals surface area (Å²) in [6, 6.07) is 53.6. The van der Waals surface area contributed by atoms with Crippen LogP contribution in [-0.4, -0.2) is 9.13 Å². The van der Waals surface area contributed by atoms with Gasteiger partial charge in [0.25, 0.3) is 0 Å². The van der Waals surface area contributed by atoms with Gasteiger partial charge in [0.1, 0.15) is 0 Å². The Balaban J connectivity index is 1.15. The molecule has 9 aromatic rings. The summed E-state index contributed by atoms with van der Waals surface area (Å²) in [4.78, 5) is 0. The number of hydrogen-bond donors (Lipinski definition) is 0. The van der Waals surface area contributed by atoms with Gasteiger partial charge in [-0.1, -0.05) is 160 Å². The Bertz CT molecular complexity index is 3450. The van der Waals surface area contributed by atoms with Crippen molar-refractivity contribution >= 4 is 44.4 Å². The third-order valence-electron chi connectivity index (χ3n) is 16.4. The second-order valence-electron chi connectivity index (χ2n) is 22.2. The molecule has 328 valence electrons. The number of para-hydroxylation sites is 2.